The molecule has 0 aromatic heterocycles. The van der Waals surface area contributed by atoms with E-state index in [1.54, 1.807) is 0 Å². The molecular formula is C23H27NO2. The fraction of sp³-hybridized carbons (Fsp3) is 0.391. The lowest BCUT2D eigenvalue weighted by atomic mass is 9.93. The number of carbonyl (C=O) groups excluding carboxylic acids is 2. The summed E-state index contributed by atoms with van der Waals surface area (Å²) in [7, 11) is 0. The number of benzene rings is 2. The fourth-order valence-corrected chi connectivity index (χ4v) is 3.57. The quantitative estimate of drug-likeness (QED) is 0.805. The van der Waals surface area contributed by atoms with E-state index in [-0.39, 0.29) is 23.8 Å². The third-order valence-corrected chi connectivity index (χ3v) is 5.04. The van der Waals surface area contributed by atoms with Crippen LogP contribution in [0.2, 0.25) is 0 Å². The van der Waals surface area contributed by atoms with Crippen LogP contribution in [0.25, 0.3) is 11.1 Å². The SMILES string of the molecule is C[C@@H]1CC(Cc2ccc(-c3ccccc3)cc2)N(C(=O)C(C)(C)C)C1=O. The molecule has 3 rings (SSSR count). The van der Waals surface area contributed by atoms with Gasteiger partial charge >= 0.3 is 0 Å². The average molecular weight is 349 g/mol. The maximum atomic E-state index is 12.8. The summed E-state index contributed by atoms with van der Waals surface area (Å²) in [5.74, 6) is -0.191. The number of amides is 2. The monoisotopic (exact) mass is 349 g/mol. The minimum absolute atomic E-state index is 0.0316. The van der Waals surface area contributed by atoms with Crippen molar-refractivity contribution in [2.75, 3.05) is 0 Å². The van der Waals surface area contributed by atoms with Crippen LogP contribution in [0, 0.1) is 11.3 Å². The molecule has 0 aliphatic carbocycles. The van der Waals surface area contributed by atoms with Gasteiger partial charge in [0.05, 0.1) is 0 Å². The van der Waals surface area contributed by atoms with Crippen molar-refractivity contribution in [1.82, 2.24) is 4.90 Å². The van der Waals surface area contributed by atoms with E-state index in [1.165, 1.54) is 16.0 Å². The summed E-state index contributed by atoms with van der Waals surface area (Å²) in [5, 5.41) is 0. The first-order valence-electron chi connectivity index (χ1n) is 9.29. The Morgan fingerprint density at radius 3 is 2.15 bits per heavy atom. The molecule has 0 radical (unpaired) electrons. The Morgan fingerprint density at radius 1 is 1.00 bits per heavy atom. The van der Waals surface area contributed by atoms with E-state index in [2.05, 4.69) is 36.4 Å². The third-order valence-electron chi connectivity index (χ3n) is 5.04. The maximum absolute atomic E-state index is 12.8. The molecule has 1 saturated heterocycles. The number of imide groups is 1. The molecule has 0 spiro atoms. The Kier molecular flexibility index (Phi) is 4.99. The van der Waals surface area contributed by atoms with Crippen molar-refractivity contribution >= 4 is 11.8 Å². The fourth-order valence-electron chi connectivity index (χ4n) is 3.57. The summed E-state index contributed by atoms with van der Waals surface area (Å²) in [5.41, 5.74) is 2.97. The highest BCUT2D eigenvalue weighted by atomic mass is 16.2. The first kappa shape index (κ1) is 18.4. The van der Waals surface area contributed by atoms with Crippen molar-refractivity contribution < 1.29 is 9.59 Å². The topological polar surface area (TPSA) is 37.4 Å². The van der Waals surface area contributed by atoms with E-state index in [9.17, 15) is 9.59 Å². The van der Waals surface area contributed by atoms with Crippen LogP contribution in [-0.2, 0) is 16.0 Å². The van der Waals surface area contributed by atoms with E-state index in [0.717, 1.165) is 12.0 Å². The Bertz CT molecular complexity index is 787. The van der Waals surface area contributed by atoms with E-state index in [0.29, 0.717) is 6.42 Å². The molecule has 1 aliphatic heterocycles. The molecule has 0 bridgehead atoms. The van der Waals surface area contributed by atoms with E-state index in [4.69, 9.17) is 0 Å². The maximum Gasteiger partial charge on any atom is 0.234 e. The van der Waals surface area contributed by atoms with Crippen LogP contribution in [-0.4, -0.2) is 22.8 Å². The summed E-state index contributed by atoms with van der Waals surface area (Å²) in [6.45, 7) is 7.54. The molecule has 3 heteroatoms. The molecule has 1 heterocycles. The van der Waals surface area contributed by atoms with Gasteiger partial charge in [0.15, 0.2) is 0 Å². The first-order chi connectivity index (χ1) is 12.3. The van der Waals surface area contributed by atoms with Crippen LogP contribution in [0.15, 0.2) is 54.6 Å². The normalized spacial score (nSPS) is 20.5. The Hall–Kier alpha value is -2.42. The van der Waals surface area contributed by atoms with Crippen molar-refractivity contribution in [2.24, 2.45) is 11.3 Å². The van der Waals surface area contributed by atoms with Crippen LogP contribution in [0.5, 0.6) is 0 Å². The molecule has 26 heavy (non-hydrogen) atoms. The highest BCUT2D eigenvalue weighted by Gasteiger charge is 2.43. The Labute approximate surface area is 156 Å². The van der Waals surface area contributed by atoms with Crippen LogP contribution in [0.3, 0.4) is 0 Å². The number of hydrogen-bond acceptors (Lipinski definition) is 2. The van der Waals surface area contributed by atoms with Gasteiger partial charge in [0.25, 0.3) is 0 Å². The van der Waals surface area contributed by atoms with Crippen LogP contribution in [0.1, 0.15) is 39.7 Å². The van der Waals surface area contributed by atoms with Gasteiger partial charge < -0.3 is 0 Å². The second kappa shape index (κ2) is 7.06. The summed E-state index contributed by atoms with van der Waals surface area (Å²) >= 11 is 0. The molecule has 2 aromatic carbocycles. The second-order valence-corrected chi connectivity index (χ2v) is 8.32. The predicted molar refractivity (Wildman–Crippen MR) is 104 cm³/mol. The van der Waals surface area contributed by atoms with Gasteiger partial charge in [0.1, 0.15) is 0 Å². The van der Waals surface area contributed by atoms with Crippen molar-refractivity contribution in [3.05, 3.63) is 60.2 Å². The average Bonchev–Trinajstić information content (AvgIpc) is 2.88. The number of carbonyl (C=O) groups is 2. The van der Waals surface area contributed by atoms with Crippen molar-refractivity contribution in [2.45, 2.75) is 46.6 Å². The van der Waals surface area contributed by atoms with Crippen LogP contribution >= 0.6 is 0 Å². The van der Waals surface area contributed by atoms with Gasteiger partial charge in [0, 0.05) is 17.4 Å². The highest BCUT2D eigenvalue weighted by molar-refractivity contribution is 6.00. The second-order valence-electron chi connectivity index (χ2n) is 8.32. The van der Waals surface area contributed by atoms with E-state index in [1.807, 2.05) is 45.9 Å². The van der Waals surface area contributed by atoms with Gasteiger partial charge in [-0.2, -0.15) is 0 Å². The summed E-state index contributed by atoms with van der Waals surface area (Å²) in [6.07, 6.45) is 1.45. The molecule has 1 unspecified atom stereocenters. The molecule has 3 nitrogen and oxygen atoms in total. The van der Waals surface area contributed by atoms with E-state index >= 15 is 0 Å². The first-order valence-corrected chi connectivity index (χ1v) is 9.29. The molecular weight excluding hydrogens is 322 g/mol. The Balaban J connectivity index is 1.79. The Morgan fingerprint density at radius 2 is 1.58 bits per heavy atom. The smallest absolute Gasteiger partial charge is 0.234 e. The number of nitrogens with zero attached hydrogens (tertiary/aromatic N) is 1. The summed E-state index contributed by atoms with van der Waals surface area (Å²) in [4.78, 5) is 26.8. The summed E-state index contributed by atoms with van der Waals surface area (Å²) < 4.78 is 0. The standard InChI is InChI=1S/C23H27NO2/c1-16-14-20(24(21(16)25)22(26)23(2,3)4)15-17-10-12-19(13-11-17)18-8-6-5-7-9-18/h5-13,16,20H,14-15H2,1-4H3/t16-,20?/m1/s1. The van der Waals surface area contributed by atoms with Gasteiger partial charge in [-0.1, -0.05) is 82.3 Å². The van der Waals surface area contributed by atoms with E-state index < -0.39 is 5.41 Å². The van der Waals surface area contributed by atoms with Crippen molar-refractivity contribution in [3.63, 3.8) is 0 Å². The zero-order chi connectivity index (χ0) is 18.9. The highest BCUT2D eigenvalue weighted by Crippen LogP contribution is 2.32. The lowest BCUT2D eigenvalue weighted by molar-refractivity contribution is -0.150. The third kappa shape index (κ3) is 3.72. The number of likely N-dealkylation sites (tertiary alicyclic amines) is 1. The van der Waals surface area contributed by atoms with Gasteiger partial charge in [-0.3, -0.25) is 14.5 Å². The molecule has 2 aromatic rings. The molecule has 1 fully saturated rings. The van der Waals surface area contributed by atoms with Gasteiger partial charge in [-0.05, 0) is 29.5 Å². The van der Waals surface area contributed by atoms with Crippen molar-refractivity contribution in [1.29, 1.82) is 0 Å². The summed E-state index contributed by atoms with van der Waals surface area (Å²) in [6, 6.07) is 18.7. The number of rotatable bonds is 3. The predicted octanol–water partition coefficient (Wildman–Crippen LogP) is 4.71. The molecule has 2 amide bonds. The zero-order valence-electron chi connectivity index (χ0n) is 16.0. The van der Waals surface area contributed by atoms with Gasteiger partial charge in [0.2, 0.25) is 11.8 Å². The number of hydrogen-bond donors (Lipinski definition) is 0. The van der Waals surface area contributed by atoms with Gasteiger partial charge in [-0.15, -0.1) is 0 Å². The molecule has 2 atom stereocenters. The minimum atomic E-state index is -0.546. The lowest BCUT2D eigenvalue weighted by Gasteiger charge is -2.29. The van der Waals surface area contributed by atoms with Gasteiger partial charge in [-0.25, -0.2) is 0 Å². The lowest BCUT2D eigenvalue weighted by Crippen LogP contribution is -2.46. The van der Waals surface area contributed by atoms with Crippen molar-refractivity contribution in [3.8, 4) is 11.1 Å². The van der Waals surface area contributed by atoms with Crippen LogP contribution in [0.4, 0.5) is 0 Å². The minimum Gasteiger partial charge on any atom is -0.278 e. The zero-order valence-corrected chi connectivity index (χ0v) is 16.0. The molecule has 0 saturated carbocycles. The molecule has 0 N–H and O–H groups in total. The molecule has 136 valence electrons. The molecule has 1 aliphatic rings. The largest absolute Gasteiger partial charge is 0.278 e. The van der Waals surface area contributed by atoms with Crippen LogP contribution < -0.4 is 0 Å².